The summed E-state index contributed by atoms with van der Waals surface area (Å²) in [5, 5.41) is 11.3. The average Bonchev–Trinajstić information content (AvgIpc) is 3.40. The Morgan fingerprint density at radius 2 is 1.93 bits per heavy atom. The summed E-state index contributed by atoms with van der Waals surface area (Å²) in [7, 11) is 0. The highest BCUT2D eigenvalue weighted by atomic mass is 32.2. The number of amides is 1. The minimum absolute atomic E-state index is 0.0742. The summed E-state index contributed by atoms with van der Waals surface area (Å²) in [5.74, 6) is 2.27. The first-order chi connectivity index (χ1) is 13.7. The van der Waals surface area contributed by atoms with Gasteiger partial charge in [0.1, 0.15) is 0 Å². The number of unbranched alkanes of at least 4 members (excludes halogenated alkanes) is 1. The van der Waals surface area contributed by atoms with Crippen LogP contribution in [0.3, 0.4) is 0 Å². The van der Waals surface area contributed by atoms with E-state index in [-0.39, 0.29) is 5.91 Å². The van der Waals surface area contributed by atoms with E-state index in [1.165, 1.54) is 24.6 Å². The summed E-state index contributed by atoms with van der Waals surface area (Å²) in [4.78, 5) is 12.3. The minimum atomic E-state index is -0.481. The molecule has 1 N–H and O–H groups in total. The van der Waals surface area contributed by atoms with Gasteiger partial charge in [-0.05, 0) is 31.4 Å². The lowest BCUT2D eigenvalue weighted by molar-refractivity contribution is -0.113. The highest BCUT2D eigenvalue weighted by Crippen LogP contribution is 2.47. The zero-order chi connectivity index (χ0) is 19.4. The third-order valence-electron chi connectivity index (χ3n) is 4.62. The van der Waals surface area contributed by atoms with E-state index < -0.39 is 5.79 Å². The molecule has 2 heterocycles. The summed E-state index contributed by atoms with van der Waals surface area (Å²) in [6.07, 6.45) is 6.43. The molecule has 0 bridgehead atoms. The smallest absolute Gasteiger partial charge is 0.251 e. The van der Waals surface area contributed by atoms with Gasteiger partial charge < -0.3 is 14.8 Å². The average molecular weight is 438 g/mol. The molecule has 6 nitrogen and oxygen atoms in total. The maximum atomic E-state index is 12.3. The number of rotatable bonds is 8. The van der Waals surface area contributed by atoms with Crippen LogP contribution in [0.15, 0.2) is 26.9 Å². The van der Waals surface area contributed by atoms with Crippen LogP contribution < -0.4 is 14.8 Å². The number of hydrogen-bond acceptors (Lipinski definition) is 8. The highest BCUT2D eigenvalue weighted by Gasteiger charge is 2.44. The van der Waals surface area contributed by atoms with E-state index in [1.54, 1.807) is 23.1 Å². The number of hydrogen-bond donors (Lipinski definition) is 1. The zero-order valence-corrected chi connectivity index (χ0v) is 18.2. The quantitative estimate of drug-likeness (QED) is 0.449. The van der Waals surface area contributed by atoms with Crippen molar-refractivity contribution in [1.29, 1.82) is 0 Å². The SMILES string of the molecule is CCCCSc1nnc(SCC(=O)Nc2ccc3c(c2)OC2(CCCC2)O3)s1. The number of carbonyl (C=O) groups excluding carboxylic acids is 1. The number of fused-ring (bicyclic) bond motifs is 1. The maximum absolute atomic E-state index is 12.3. The van der Waals surface area contributed by atoms with Crippen molar-refractivity contribution < 1.29 is 14.3 Å². The molecule has 2 aliphatic rings. The number of ether oxygens (including phenoxy) is 2. The van der Waals surface area contributed by atoms with Crippen LogP contribution in [0, 0.1) is 0 Å². The van der Waals surface area contributed by atoms with Crippen LogP contribution in [-0.4, -0.2) is 33.4 Å². The van der Waals surface area contributed by atoms with E-state index in [9.17, 15) is 4.79 Å². The second-order valence-corrected chi connectivity index (χ2v) is 10.4. The molecule has 2 aromatic rings. The lowest BCUT2D eigenvalue weighted by Crippen LogP contribution is -2.34. The Morgan fingerprint density at radius 3 is 2.71 bits per heavy atom. The Labute approximate surface area is 177 Å². The fraction of sp³-hybridized carbons (Fsp3) is 0.526. The summed E-state index contributed by atoms with van der Waals surface area (Å²) in [5.41, 5.74) is 0.719. The van der Waals surface area contributed by atoms with Crippen LogP contribution in [0.5, 0.6) is 11.5 Å². The molecule has 150 valence electrons. The fourth-order valence-corrected chi connectivity index (χ4v) is 6.21. The monoisotopic (exact) mass is 437 g/mol. The maximum Gasteiger partial charge on any atom is 0.251 e. The van der Waals surface area contributed by atoms with Gasteiger partial charge in [0.05, 0.1) is 5.75 Å². The van der Waals surface area contributed by atoms with Gasteiger partial charge in [0.15, 0.2) is 20.2 Å². The molecule has 9 heteroatoms. The van der Waals surface area contributed by atoms with Gasteiger partial charge in [0.2, 0.25) is 5.91 Å². The molecule has 1 aromatic carbocycles. The van der Waals surface area contributed by atoms with Gasteiger partial charge in [0, 0.05) is 30.3 Å². The second-order valence-electron chi connectivity index (χ2n) is 6.86. The molecule has 0 unspecified atom stereocenters. The van der Waals surface area contributed by atoms with Crippen LogP contribution in [0.2, 0.25) is 0 Å². The minimum Gasteiger partial charge on any atom is -0.448 e. The molecule has 0 saturated heterocycles. The fourth-order valence-electron chi connectivity index (χ4n) is 3.23. The molecule has 1 aromatic heterocycles. The summed E-state index contributed by atoms with van der Waals surface area (Å²) >= 11 is 4.69. The van der Waals surface area contributed by atoms with Gasteiger partial charge in [-0.1, -0.05) is 48.2 Å². The van der Waals surface area contributed by atoms with Gasteiger partial charge in [0.25, 0.3) is 5.79 Å². The van der Waals surface area contributed by atoms with Crippen LogP contribution in [0.1, 0.15) is 45.4 Å². The van der Waals surface area contributed by atoms with Gasteiger partial charge in [-0.15, -0.1) is 10.2 Å². The van der Waals surface area contributed by atoms with Crippen molar-refractivity contribution in [1.82, 2.24) is 10.2 Å². The molecule has 1 saturated carbocycles. The first kappa shape index (κ1) is 19.8. The number of benzene rings is 1. The highest BCUT2D eigenvalue weighted by molar-refractivity contribution is 8.03. The molecule has 1 aliphatic carbocycles. The van der Waals surface area contributed by atoms with Crippen molar-refractivity contribution in [2.45, 2.75) is 59.9 Å². The number of carbonyl (C=O) groups is 1. The van der Waals surface area contributed by atoms with Crippen LogP contribution in [0.25, 0.3) is 0 Å². The Hall–Kier alpha value is -1.45. The third kappa shape index (κ3) is 4.75. The van der Waals surface area contributed by atoms with Gasteiger partial charge in [-0.2, -0.15) is 0 Å². The largest absolute Gasteiger partial charge is 0.448 e. The van der Waals surface area contributed by atoms with E-state index in [2.05, 4.69) is 22.4 Å². The first-order valence-electron chi connectivity index (χ1n) is 9.57. The van der Waals surface area contributed by atoms with E-state index in [1.807, 2.05) is 18.2 Å². The Bertz CT molecular complexity index is 837. The number of nitrogens with one attached hydrogen (secondary N) is 1. The molecule has 1 fully saturated rings. The van der Waals surface area contributed by atoms with Crippen molar-refractivity contribution in [2.75, 3.05) is 16.8 Å². The van der Waals surface area contributed by atoms with Gasteiger partial charge in [-0.3, -0.25) is 4.79 Å². The van der Waals surface area contributed by atoms with Crippen molar-refractivity contribution in [2.24, 2.45) is 0 Å². The van der Waals surface area contributed by atoms with E-state index in [0.29, 0.717) is 11.5 Å². The summed E-state index contributed by atoms with van der Waals surface area (Å²) in [6.45, 7) is 2.17. The van der Waals surface area contributed by atoms with Crippen LogP contribution in [0.4, 0.5) is 5.69 Å². The molecule has 1 aliphatic heterocycles. The Kier molecular flexibility index (Phi) is 6.32. The second kappa shape index (κ2) is 8.92. The summed E-state index contributed by atoms with van der Waals surface area (Å²) in [6, 6.07) is 5.57. The number of anilines is 1. The molecule has 0 atom stereocenters. The predicted octanol–water partition coefficient (Wildman–Crippen LogP) is 5.20. The van der Waals surface area contributed by atoms with Crippen LogP contribution in [-0.2, 0) is 4.79 Å². The number of nitrogens with zero attached hydrogens (tertiary/aromatic N) is 2. The molecule has 1 amide bonds. The molecule has 28 heavy (non-hydrogen) atoms. The molecular formula is C19H23N3O3S3. The van der Waals surface area contributed by atoms with Gasteiger partial charge in [-0.25, -0.2) is 0 Å². The normalized spacial score (nSPS) is 16.6. The number of aromatic nitrogens is 2. The lowest BCUT2D eigenvalue weighted by Gasteiger charge is -2.21. The summed E-state index contributed by atoms with van der Waals surface area (Å²) < 4.78 is 13.8. The zero-order valence-electron chi connectivity index (χ0n) is 15.7. The third-order valence-corrected chi connectivity index (χ3v) is 7.90. The number of thioether (sulfide) groups is 2. The van der Waals surface area contributed by atoms with Crippen molar-refractivity contribution in [3.8, 4) is 11.5 Å². The lowest BCUT2D eigenvalue weighted by atomic mass is 10.2. The van der Waals surface area contributed by atoms with Crippen LogP contribution >= 0.6 is 34.9 Å². The van der Waals surface area contributed by atoms with E-state index >= 15 is 0 Å². The molecule has 0 radical (unpaired) electrons. The van der Waals surface area contributed by atoms with E-state index in [0.717, 1.165) is 51.6 Å². The van der Waals surface area contributed by atoms with Crippen molar-refractivity contribution >= 4 is 46.5 Å². The van der Waals surface area contributed by atoms with E-state index in [4.69, 9.17) is 9.47 Å². The Morgan fingerprint density at radius 1 is 1.18 bits per heavy atom. The molecular weight excluding hydrogens is 414 g/mol. The van der Waals surface area contributed by atoms with Crippen molar-refractivity contribution in [3.05, 3.63) is 18.2 Å². The Balaban J connectivity index is 1.27. The first-order valence-corrected chi connectivity index (χ1v) is 12.4. The molecule has 4 rings (SSSR count). The van der Waals surface area contributed by atoms with Crippen molar-refractivity contribution in [3.63, 3.8) is 0 Å². The standard InChI is InChI=1S/C19H23N3O3S3/c1-2-3-10-26-17-21-22-18(28-17)27-12-16(23)20-13-6-7-14-15(11-13)25-19(24-14)8-4-5-9-19/h6-7,11H,2-5,8-10,12H2,1H3,(H,20,23). The molecule has 1 spiro atoms. The predicted molar refractivity (Wildman–Crippen MR) is 114 cm³/mol. The van der Waals surface area contributed by atoms with Gasteiger partial charge >= 0.3 is 0 Å². The topological polar surface area (TPSA) is 73.3 Å².